The normalized spacial score (nSPS) is 21.2. The summed E-state index contributed by atoms with van der Waals surface area (Å²) in [6, 6.07) is 10.1. The maximum absolute atomic E-state index is 15.1. The van der Waals surface area contributed by atoms with Crippen LogP contribution in [0.5, 0.6) is 0 Å². The number of piperidine rings is 1. The lowest BCUT2D eigenvalue weighted by Crippen LogP contribution is -2.68. The molecule has 2 amide bonds. The molecule has 49 heavy (non-hydrogen) atoms. The molecule has 256 valence electrons. The van der Waals surface area contributed by atoms with Gasteiger partial charge in [0.15, 0.2) is 0 Å². The van der Waals surface area contributed by atoms with E-state index in [-0.39, 0.29) is 47.7 Å². The summed E-state index contributed by atoms with van der Waals surface area (Å²) in [6.07, 6.45) is 7.49. The molecule has 5 heterocycles. The molecule has 0 spiro atoms. The van der Waals surface area contributed by atoms with Crippen LogP contribution < -0.4 is 9.38 Å². The number of halogens is 3. The van der Waals surface area contributed by atoms with E-state index in [2.05, 4.69) is 20.9 Å². The van der Waals surface area contributed by atoms with Gasteiger partial charge in [0.2, 0.25) is 5.66 Å². The molecule has 0 bridgehead atoms. The fraction of sp³-hybridized carbons (Fsp3) is 0.405. The van der Waals surface area contributed by atoms with E-state index in [1.54, 1.807) is 46.3 Å². The molecule has 2 aromatic carbocycles. The summed E-state index contributed by atoms with van der Waals surface area (Å²) in [5.41, 5.74) is 2.90. The highest BCUT2D eigenvalue weighted by molar-refractivity contribution is 6.07. The molecule has 4 aromatic rings. The summed E-state index contributed by atoms with van der Waals surface area (Å²) >= 11 is 0. The fourth-order valence-corrected chi connectivity index (χ4v) is 8.06. The standard InChI is InChI=1S/C37H41F3N7O2/c1-25-20-44(23-41-25)36(45-21-26(2)42-24-45)15-14-32-34(48)47(19-18-46(32)35(36)49,33-13-9-11-30(28(33)4)37(38,39)40)22-29-10-8-12-31(27(29)3)43-16-6-5-7-17-43/h8-14,20-21,23-24H,5-7,15-19,22H2,1-4H3/q+1. The summed E-state index contributed by atoms with van der Waals surface area (Å²) in [7, 11) is 0. The Hall–Kier alpha value is -4.71. The van der Waals surface area contributed by atoms with Crippen LogP contribution in [0.25, 0.3) is 0 Å². The van der Waals surface area contributed by atoms with E-state index >= 15 is 4.79 Å². The van der Waals surface area contributed by atoms with E-state index in [9.17, 15) is 18.0 Å². The molecule has 3 aliphatic heterocycles. The van der Waals surface area contributed by atoms with Crippen LogP contribution >= 0.6 is 0 Å². The molecule has 0 saturated carbocycles. The Labute approximate surface area is 283 Å². The van der Waals surface area contributed by atoms with Gasteiger partial charge in [-0.2, -0.15) is 13.2 Å². The number of rotatable bonds is 6. The minimum absolute atomic E-state index is 0.0153. The molecule has 1 atom stereocenters. The number of carbonyl (C=O) groups is 2. The molecule has 1 unspecified atom stereocenters. The van der Waals surface area contributed by atoms with Crippen LogP contribution in [0.15, 0.2) is 73.2 Å². The van der Waals surface area contributed by atoms with Gasteiger partial charge in [0.1, 0.15) is 24.5 Å². The van der Waals surface area contributed by atoms with Crippen molar-refractivity contribution < 1.29 is 22.8 Å². The number of nitrogens with zero attached hydrogens (tertiary/aromatic N) is 7. The molecule has 3 aliphatic rings. The third kappa shape index (κ3) is 5.27. The maximum atomic E-state index is 15.1. The van der Waals surface area contributed by atoms with Gasteiger partial charge < -0.3 is 14.0 Å². The van der Waals surface area contributed by atoms with Crippen molar-refractivity contribution in [2.24, 2.45) is 0 Å². The molecule has 2 saturated heterocycles. The van der Waals surface area contributed by atoms with Crippen molar-refractivity contribution in [2.45, 2.75) is 71.8 Å². The number of amides is 2. The number of aryl methyl sites for hydroxylation is 2. The van der Waals surface area contributed by atoms with Crippen molar-refractivity contribution in [3.63, 3.8) is 0 Å². The first-order valence-corrected chi connectivity index (χ1v) is 16.8. The van der Waals surface area contributed by atoms with Crippen molar-refractivity contribution >= 4 is 23.2 Å². The number of hydrogen-bond acceptors (Lipinski definition) is 5. The van der Waals surface area contributed by atoms with E-state index in [1.807, 2.05) is 32.9 Å². The molecule has 12 heteroatoms. The van der Waals surface area contributed by atoms with E-state index in [0.717, 1.165) is 60.2 Å². The number of aromatic nitrogens is 4. The van der Waals surface area contributed by atoms with Crippen molar-refractivity contribution in [2.75, 3.05) is 31.1 Å². The number of quaternary nitrogens is 1. The Balaban J connectivity index is 1.37. The van der Waals surface area contributed by atoms with Crippen LogP contribution in [0.3, 0.4) is 0 Å². The molecule has 7 rings (SSSR count). The second-order valence-corrected chi connectivity index (χ2v) is 13.6. The average molecular weight is 673 g/mol. The van der Waals surface area contributed by atoms with Gasteiger partial charge in [0.25, 0.3) is 5.91 Å². The molecule has 2 fully saturated rings. The quantitative estimate of drug-likeness (QED) is 0.222. The van der Waals surface area contributed by atoms with Gasteiger partial charge in [-0.15, -0.1) is 0 Å². The van der Waals surface area contributed by atoms with Gasteiger partial charge in [0.05, 0.1) is 36.2 Å². The minimum Gasteiger partial charge on any atom is -0.371 e. The summed E-state index contributed by atoms with van der Waals surface area (Å²) in [5.74, 6) is -0.725. The Kier molecular flexibility index (Phi) is 8.04. The second kappa shape index (κ2) is 12.0. The number of anilines is 1. The number of fused-ring (bicyclic) bond motifs is 1. The third-order valence-electron chi connectivity index (χ3n) is 10.7. The molecule has 0 N–H and O–H groups in total. The lowest BCUT2D eigenvalue weighted by Gasteiger charge is -2.48. The summed E-state index contributed by atoms with van der Waals surface area (Å²) in [5, 5.41) is 0. The zero-order chi connectivity index (χ0) is 34.7. The molecule has 9 nitrogen and oxygen atoms in total. The zero-order valence-electron chi connectivity index (χ0n) is 28.3. The molecular weight excluding hydrogens is 631 g/mol. The lowest BCUT2D eigenvalue weighted by molar-refractivity contribution is -0.149. The van der Waals surface area contributed by atoms with Crippen LogP contribution in [0.2, 0.25) is 0 Å². The Morgan fingerprint density at radius 1 is 0.837 bits per heavy atom. The SMILES string of the molecule is Cc1cn(C2(n3cnc(C)c3)CC=C3C(=O)[N+](Cc4cccc(N5CCCCC5)c4C)(c4cccc(C(F)(F)F)c4C)CCN3C2=O)cn1. The minimum atomic E-state index is -4.59. The largest absolute Gasteiger partial charge is 0.416 e. The summed E-state index contributed by atoms with van der Waals surface area (Å²) in [6.45, 7) is 9.42. The average Bonchev–Trinajstić information content (AvgIpc) is 3.72. The number of piperazine rings is 1. The first-order valence-electron chi connectivity index (χ1n) is 16.8. The van der Waals surface area contributed by atoms with Crippen LogP contribution in [0, 0.1) is 27.7 Å². The predicted octanol–water partition coefficient (Wildman–Crippen LogP) is 6.39. The van der Waals surface area contributed by atoms with Crippen LogP contribution in [-0.4, -0.2) is 62.0 Å². The molecule has 2 aromatic heterocycles. The highest BCUT2D eigenvalue weighted by Crippen LogP contribution is 2.44. The number of carbonyl (C=O) groups excluding carboxylic acids is 2. The van der Waals surface area contributed by atoms with Crippen molar-refractivity contribution in [1.82, 2.24) is 28.5 Å². The number of benzene rings is 2. The maximum Gasteiger partial charge on any atom is 0.416 e. The van der Waals surface area contributed by atoms with Crippen LogP contribution in [-0.2, 0) is 28.0 Å². The number of hydrogen-bond donors (Lipinski definition) is 0. The van der Waals surface area contributed by atoms with Crippen LogP contribution in [0.4, 0.5) is 24.5 Å². The number of imidazole rings is 2. The first-order chi connectivity index (χ1) is 23.4. The van der Waals surface area contributed by atoms with Gasteiger partial charge in [-0.3, -0.25) is 9.69 Å². The Morgan fingerprint density at radius 3 is 2.10 bits per heavy atom. The summed E-state index contributed by atoms with van der Waals surface area (Å²) < 4.78 is 46.1. The summed E-state index contributed by atoms with van der Waals surface area (Å²) in [4.78, 5) is 42.5. The van der Waals surface area contributed by atoms with E-state index in [1.165, 1.54) is 24.3 Å². The predicted molar refractivity (Wildman–Crippen MR) is 181 cm³/mol. The molecular formula is C37H41F3N7O2+. The Morgan fingerprint density at radius 2 is 1.49 bits per heavy atom. The van der Waals surface area contributed by atoms with Crippen LogP contribution in [0.1, 0.15) is 59.3 Å². The first kappa shape index (κ1) is 32.8. The third-order valence-corrected chi connectivity index (χ3v) is 10.7. The van der Waals surface area contributed by atoms with Gasteiger partial charge in [-0.05, 0) is 76.8 Å². The molecule has 0 radical (unpaired) electrons. The van der Waals surface area contributed by atoms with Gasteiger partial charge in [-0.25, -0.2) is 19.2 Å². The van der Waals surface area contributed by atoms with Crippen molar-refractivity contribution in [3.05, 3.63) is 107 Å². The highest BCUT2D eigenvalue weighted by atomic mass is 19.4. The van der Waals surface area contributed by atoms with Crippen molar-refractivity contribution in [1.29, 1.82) is 0 Å². The monoisotopic (exact) mass is 672 g/mol. The molecule has 0 aliphatic carbocycles. The smallest absolute Gasteiger partial charge is 0.371 e. The Bertz CT molecular complexity index is 1930. The zero-order valence-corrected chi connectivity index (χ0v) is 28.3. The van der Waals surface area contributed by atoms with E-state index < -0.39 is 23.3 Å². The number of allylic oxidation sites excluding steroid dienone is 1. The number of alkyl halides is 3. The lowest BCUT2D eigenvalue weighted by atomic mass is 9.92. The van der Waals surface area contributed by atoms with E-state index in [4.69, 9.17) is 0 Å². The fourth-order valence-electron chi connectivity index (χ4n) is 8.06. The van der Waals surface area contributed by atoms with Crippen molar-refractivity contribution in [3.8, 4) is 0 Å². The van der Waals surface area contributed by atoms with Gasteiger partial charge in [0, 0.05) is 48.7 Å². The van der Waals surface area contributed by atoms with E-state index in [0.29, 0.717) is 5.69 Å². The highest BCUT2D eigenvalue weighted by Gasteiger charge is 2.56. The van der Waals surface area contributed by atoms with Gasteiger partial charge >= 0.3 is 12.1 Å². The van der Waals surface area contributed by atoms with Gasteiger partial charge in [-0.1, -0.05) is 18.2 Å². The topological polar surface area (TPSA) is 76.3 Å². The second-order valence-electron chi connectivity index (χ2n) is 13.6.